The molecule has 1 aromatic heterocycles. The molecule has 21 N–H and O–H groups in total. The second-order valence-electron chi connectivity index (χ2n) is 28.5. The Balaban J connectivity index is 1.87. The lowest BCUT2D eigenvalue weighted by Gasteiger charge is -2.30. The van der Waals surface area contributed by atoms with Gasteiger partial charge in [0.05, 0.1) is 52.1 Å². The van der Waals surface area contributed by atoms with Gasteiger partial charge in [-0.2, -0.15) is 0 Å². The molecule has 0 radical (unpaired) electrons. The molecule has 598 valence electrons. The molecule has 40 nitrogen and oxygen atoms in total. The fourth-order valence-electron chi connectivity index (χ4n) is 11.3. The predicted octanol–water partition coefficient (Wildman–Crippen LogP) is -7.27. The zero-order valence-electron chi connectivity index (χ0n) is 62.4. The van der Waals surface area contributed by atoms with Crippen molar-refractivity contribution >= 4 is 106 Å². The second kappa shape index (κ2) is 45.2. The number of nitrogens with zero attached hydrogens (tertiary/aromatic N) is 2. The minimum absolute atomic E-state index is 0.0418. The van der Waals surface area contributed by atoms with Gasteiger partial charge in [0.1, 0.15) is 72.5 Å². The number of aromatic nitrogens is 2. The van der Waals surface area contributed by atoms with Gasteiger partial charge >= 0.3 is 5.97 Å². The zero-order chi connectivity index (χ0) is 80.5. The molecule has 0 spiro atoms. The van der Waals surface area contributed by atoms with Gasteiger partial charge in [-0.3, -0.25) is 81.5 Å². The molecule has 2 fully saturated rings. The van der Waals surface area contributed by atoms with Crippen LogP contribution in [0.2, 0.25) is 0 Å². The number of hydrogen-bond donors (Lipinski definition) is 20. The van der Waals surface area contributed by atoms with Gasteiger partial charge in [-0.25, -0.2) is 9.78 Å². The average Bonchev–Trinajstić information content (AvgIpc) is 1.69. The van der Waals surface area contributed by atoms with Crippen LogP contribution in [0.1, 0.15) is 146 Å². The zero-order valence-corrected chi connectivity index (χ0v) is 62.4. The predicted molar refractivity (Wildman–Crippen MR) is 378 cm³/mol. The fourth-order valence-corrected chi connectivity index (χ4v) is 11.3. The fraction of sp³-hybridized carbons (Fsp3) is 0.687. The van der Waals surface area contributed by atoms with E-state index in [1.54, 1.807) is 69.2 Å². The topological polar surface area (TPSA) is 606 Å². The summed E-state index contributed by atoms with van der Waals surface area (Å²) in [5, 5.41) is 66.5. The van der Waals surface area contributed by atoms with Crippen molar-refractivity contribution < 1.29 is 102 Å². The van der Waals surface area contributed by atoms with E-state index in [9.17, 15) is 102 Å². The minimum Gasteiger partial charge on any atom is -0.480 e. The largest absolute Gasteiger partial charge is 0.480 e. The Hall–Kier alpha value is -10.4. The number of nitrogens with two attached hydrogens (primary N) is 1. The van der Waals surface area contributed by atoms with E-state index in [1.165, 1.54) is 19.4 Å². The van der Waals surface area contributed by atoms with E-state index in [4.69, 9.17) is 5.73 Å². The van der Waals surface area contributed by atoms with Crippen LogP contribution in [0.15, 0.2) is 12.5 Å². The van der Waals surface area contributed by atoms with Gasteiger partial charge in [-0.15, -0.1) is 0 Å². The summed E-state index contributed by atoms with van der Waals surface area (Å²) in [6.45, 7) is 13.2. The summed E-state index contributed by atoms with van der Waals surface area (Å²) in [6, 6.07) is -18.0. The van der Waals surface area contributed by atoms with Crippen molar-refractivity contribution in [2.75, 3.05) is 45.9 Å². The van der Waals surface area contributed by atoms with Gasteiger partial charge in [-0.1, -0.05) is 69.2 Å². The molecule has 0 bridgehead atoms. The summed E-state index contributed by atoms with van der Waals surface area (Å²) in [5.74, 6) is -19.0. The molecule has 2 aliphatic heterocycles. The normalized spacial score (nSPS) is 20.6. The maximum atomic E-state index is 14.7. The average molecular weight is 1520 g/mol. The number of rotatable bonds is 34. The maximum Gasteiger partial charge on any atom is 0.326 e. The molecule has 107 heavy (non-hydrogen) atoms. The SMILES string of the molecule is CC(C)C[C@H](NC(=O)[C@H](CC(C)C)NC(=O)[C@H](CO)NC(=O)[C@H](Cc1cnc[nH]1)NC(=O)CNC(=O)CNC(=O)[C@H](CC(C)C)NC(=O)[C@H](CC(C)C)NC(=O)[C@@H]1CC(=O)N[C@@H](CC(C)C)C(=O)N[C@@H](C)C(=O)NCC(=O)N[C@@H](CCC(N)=O)C(=O)NCC(=O)N[C@@H](CO)C(=O)N2CCC[C@H]2C(=O)N1)C(=O)O. The number of fused-ring (bicyclic) bond motifs is 1. The number of aliphatic hydroxyl groups is 2. The third-order valence-corrected chi connectivity index (χ3v) is 16.6. The van der Waals surface area contributed by atoms with Crippen molar-refractivity contribution in [2.45, 2.75) is 219 Å². The first kappa shape index (κ1) is 90.8. The lowest BCUT2D eigenvalue weighted by atomic mass is 9.99. The molecule has 0 aromatic carbocycles. The van der Waals surface area contributed by atoms with Gasteiger partial charge in [-0.05, 0) is 87.9 Å². The molecule has 2 aliphatic rings. The van der Waals surface area contributed by atoms with Gasteiger partial charge in [0.2, 0.25) is 100 Å². The van der Waals surface area contributed by atoms with Crippen LogP contribution in [0, 0.1) is 29.6 Å². The third kappa shape index (κ3) is 32.9. The lowest BCUT2D eigenvalue weighted by Crippen LogP contribution is -2.60. The summed E-state index contributed by atoms with van der Waals surface area (Å²) in [5.41, 5.74) is 5.60. The van der Waals surface area contributed by atoms with Crippen molar-refractivity contribution in [1.82, 2.24) is 94.6 Å². The first-order valence-electron chi connectivity index (χ1n) is 35.6. The van der Waals surface area contributed by atoms with Crippen LogP contribution in [-0.4, -0.2) is 255 Å². The first-order valence-corrected chi connectivity index (χ1v) is 35.6. The van der Waals surface area contributed by atoms with Crippen molar-refractivity contribution in [1.29, 1.82) is 0 Å². The van der Waals surface area contributed by atoms with Crippen LogP contribution in [0.3, 0.4) is 0 Å². The molecule has 2 saturated heterocycles. The lowest BCUT2D eigenvalue weighted by molar-refractivity contribution is -0.143. The van der Waals surface area contributed by atoms with Crippen LogP contribution in [0.25, 0.3) is 0 Å². The molecule has 0 saturated carbocycles. The van der Waals surface area contributed by atoms with Crippen LogP contribution in [0.5, 0.6) is 0 Å². The van der Waals surface area contributed by atoms with Crippen LogP contribution in [-0.2, 0) is 92.7 Å². The van der Waals surface area contributed by atoms with Crippen LogP contribution < -0.4 is 85.5 Å². The highest BCUT2D eigenvalue weighted by Crippen LogP contribution is 2.20. The molecule has 17 amide bonds. The highest BCUT2D eigenvalue weighted by atomic mass is 16.4. The Morgan fingerprint density at radius 1 is 0.551 bits per heavy atom. The van der Waals surface area contributed by atoms with E-state index in [0.717, 1.165) is 4.90 Å². The molecule has 40 heteroatoms. The van der Waals surface area contributed by atoms with E-state index < -0.39 is 231 Å². The number of carboxylic acid groups (broad SMARTS) is 1. The Morgan fingerprint density at radius 2 is 1.06 bits per heavy atom. The maximum absolute atomic E-state index is 14.7. The molecule has 3 heterocycles. The Morgan fingerprint density at radius 3 is 1.59 bits per heavy atom. The summed E-state index contributed by atoms with van der Waals surface area (Å²) in [7, 11) is 0. The van der Waals surface area contributed by atoms with E-state index in [2.05, 4.69) is 89.7 Å². The molecule has 12 atom stereocenters. The standard InChI is InChI=1S/C67H109N19O21/c1-32(2)17-40(58(97)72-25-52(91)70-26-53(92)78-44(22-38-24-69-31-74-38)62(101)85-47(29-87)64(103)82-43(20-35(7)8)61(100)84-46(67(106)107)21-36(9)10)80-60(99)42(19-34(5)6)81-63(102)45-23-51(90)77-41(18-33(3)4)59(98)75-37(11)56(95)71-27-54(93)76-39(14-15-50(68)89)57(96)73-28-55(94)79-48(30-88)66(105)86-16-12-13-49(86)65(104)83-45/h24,31-37,39-49,87-88H,12-23,25-30H2,1-11H3,(H2,68,89)(H,69,74)(H,70,91)(H,71,95)(H,72,97)(H,73,96)(H,75,98)(H,76,93)(H,77,90)(H,78,92)(H,79,94)(H,80,99)(H,81,102)(H,82,103)(H,83,104)(H,84,100)(H,85,101)(H,106,107)/t37-,39-,40-,41-,42-,43-,44-,45-,46-,47-,48-,49-/m0/s1. The molecular weight excluding hydrogens is 1410 g/mol. The number of carbonyl (C=O) groups excluding carboxylic acids is 17. The highest BCUT2D eigenvalue weighted by Gasteiger charge is 2.41. The smallest absolute Gasteiger partial charge is 0.326 e. The van der Waals surface area contributed by atoms with Crippen LogP contribution in [0.4, 0.5) is 0 Å². The number of H-pyrrole nitrogens is 1. The number of primary amides is 1. The Kier molecular flexibility index (Phi) is 38.3. The molecule has 0 aliphatic carbocycles. The van der Waals surface area contributed by atoms with E-state index in [1.807, 2.05) is 0 Å². The van der Waals surface area contributed by atoms with Gasteiger partial charge in [0, 0.05) is 31.3 Å². The monoisotopic (exact) mass is 1520 g/mol. The molecule has 3 rings (SSSR count). The van der Waals surface area contributed by atoms with E-state index in [-0.39, 0.29) is 93.9 Å². The van der Waals surface area contributed by atoms with Gasteiger partial charge in [0.25, 0.3) is 0 Å². The number of amides is 17. The first-order chi connectivity index (χ1) is 50.2. The highest BCUT2D eigenvalue weighted by molar-refractivity contribution is 6.01. The Labute approximate surface area is 619 Å². The van der Waals surface area contributed by atoms with Crippen molar-refractivity contribution in [3.63, 3.8) is 0 Å². The van der Waals surface area contributed by atoms with Crippen molar-refractivity contribution in [2.24, 2.45) is 35.3 Å². The summed E-state index contributed by atoms with van der Waals surface area (Å²) in [6.07, 6.45) is 0.681. The van der Waals surface area contributed by atoms with E-state index in [0.29, 0.717) is 5.69 Å². The molecular formula is C67H109N19O21. The number of nitrogens with one attached hydrogen (secondary N) is 16. The van der Waals surface area contributed by atoms with Crippen LogP contribution >= 0.6 is 0 Å². The number of aliphatic hydroxyl groups excluding tert-OH is 2. The summed E-state index contributed by atoms with van der Waals surface area (Å²) < 4.78 is 0. The minimum atomic E-state index is -1.90. The van der Waals surface area contributed by atoms with Gasteiger partial charge in [0.15, 0.2) is 0 Å². The number of carbonyl (C=O) groups is 18. The Bertz CT molecular complexity index is 3290. The molecule has 0 unspecified atom stereocenters. The van der Waals surface area contributed by atoms with Gasteiger partial charge < -0.3 is 111 Å². The number of carboxylic acids is 1. The van der Waals surface area contributed by atoms with E-state index >= 15 is 0 Å². The number of aliphatic carboxylic acids is 1. The number of aromatic amines is 1. The third-order valence-electron chi connectivity index (χ3n) is 16.6. The number of imidazole rings is 1. The summed E-state index contributed by atoms with van der Waals surface area (Å²) in [4.78, 5) is 251. The quantitative estimate of drug-likeness (QED) is 0.0305. The summed E-state index contributed by atoms with van der Waals surface area (Å²) >= 11 is 0. The molecule has 1 aromatic rings. The number of hydrogen-bond acceptors (Lipinski definition) is 21. The van der Waals surface area contributed by atoms with Crippen molar-refractivity contribution in [3.8, 4) is 0 Å². The van der Waals surface area contributed by atoms with Crippen molar-refractivity contribution in [3.05, 3.63) is 18.2 Å². The second-order valence-corrected chi connectivity index (χ2v) is 28.5.